The first-order chi connectivity index (χ1) is 7.68. The van der Waals surface area contributed by atoms with E-state index in [0.29, 0.717) is 6.10 Å². The number of hydrogen-bond donors (Lipinski definition) is 1. The lowest BCUT2D eigenvalue weighted by molar-refractivity contribution is 0.0770. The molecule has 0 heterocycles. The largest absolute Gasteiger partial charge is 0.379 e. The Bertz CT molecular complexity index is 169. The van der Waals surface area contributed by atoms with Gasteiger partial charge in [0.2, 0.25) is 0 Å². The highest BCUT2D eigenvalue weighted by Gasteiger charge is 2.22. The Morgan fingerprint density at radius 1 is 1.31 bits per heavy atom. The van der Waals surface area contributed by atoms with Crippen LogP contribution >= 0.6 is 0 Å². The van der Waals surface area contributed by atoms with Crippen LogP contribution in [-0.2, 0) is 4.74 Å². The van der Waals surface area contributed by atoms with Gasteiger partial charge in [0.15, 0.2) is 0 Å². The van der Waals surface area contributed by atoms with Gasteiger partial charge in [-0.1, -0.05) is 0 Å². The van der Waals surface area contributed by atoms with E-state index in [1.54, 1.807) is 0 Å². The smallest absolute Gasteiger partial charge is 0.0518 e. The van der Waals surface area contributed by atoms with Crippen molar-refractivity contribution in [3.63, 3.8) is 0 Å². The zero-order chi connectivity index (χ0) is 11.8. The van der Waals surface area contributed by atoms with Gasteiger partial charge in [-0.2, -0.15) is 0 Å². The molecule has 0 amide bonds. The molecule has 0 aromatic heterocycles. The summed E-state index contributed by atoms with van der Waals surface area (Å²) >= 11 is 0. The minimum absolute atomic E-state index is 0.365. The molecule has 1 aliphatic rings. The van der Waals surface area contributed by atoms with Gasteiger partial charge in [-0.05, 0) is 52.6 Å². The van der Waals surface area contributed by atoms with Crippen molar-refractivity contribution in [2.24, 2.45) is 5.92 Å². The zero-order valence-corrected chi connectivity index (χ0v) is 11.2. The summed E-state index contributed by atoms with van der Waals surface area (Å²) in [5.41, 5.74) is 0. The van der Waals surface area contributed by atoms with E-state index in [4.69, 9.17) is 4.74 Å². The highest BCUT2D eigenvalue weighted by molar-refractivity contribution is 4.76. The third-order valence-electron chi connectivity index (χ3n) is 2.89. The second-order valence-electron chi connectivity index (χ2n) is 5.23. The maximum Gasteiger partial charge on any atom is 0.0518 e. The average Bonchev–Trinajstić information content (AvgIpc) is 2.99. The van der Waals surface area contributed by atoms with Gasteiger partial charge < -0.3 is 15.0 Å². The molecule has 0 unspecified atom stereocenters. The lowest BCUT2D eigenvalue weighted by Crippen LogP contribution is -2.31. The molecule has 0 bridgehead atoms. The van der Waals surface area contributed by atoms with Crippen LogP contribution in [0, 0.1) is 5.92 Å². The van der Waals surface area contributed by atoms with Crippen molar-refractivity contribution in [1.82, 2.24) is 10.2 Å². The fourth-order valence-electron chi connectivity index (χ4n) is 1.74. The molecule has 0 aromatic carbocycles. The summed E-state index contributed by atoms with van der Waals surface area (Å²) in [6.45, 7) is 9.68. The molecule has 3 heteroatoms. The van der Waals surface area contributed by atoms with E-state index in [9.17, 15) is 0 Å². The minimum Gasteiger partial charge on any atom is -0.379 e. The summed E-state index contributed by atoms with van der Waals surface area (Å²) < 4.78 is 5.48. The van der Waals surface area contributed by atoms with Crippen molar-refractivity contribution >= 4 is 0 Å². The number of nitrogens with one attached hydrogen (secondary N) is 1. The molecule has 0 radical (unpaired) electrons. The van der Waals surface area contributed by atoms with E-state index in [0.717, 1.165) is 32.0 Å². The summed E-state index contributed by atoms with van der Waals surface area (Å²) in [7, 11) is 2.22. The third kappa shape index (κ3) is 8.08. The van der Waals surface area contributed by atoms with E-state index in [1.165, 1.54) is 25.9 Å². The highest BCUT2D eigenvalue weighted by Crippen LogP contribution is 2.29. The molecule has 0 spiro atoms. The predicted molar refractivity (Wildman–Crippen MR) is 68.8 cm³/mol. The minimum atomic E-state index is 0.365. The average molecular weight is 228 g/mol. The predicted octanol–water partition coefficient (Wildman–Crippen LogP) is 1.73. The number of ether oxygens (including phenoxy) is 1. The number of likely N-dealkylation sites (N-methyl/N-ethyl adjacent to an activating group) is 1. The Hall–Kier alpha value is -0.120. The van der Waals surface area contributed by atoms with Gasteiger partial charge in [0.1, 0.15) is 0 Å². The van der Waals surface area contributed by atoms with E-state index in [1.807, 2.05) is 0 Å². The van der Waals surface area contributed by atoms with Gasteiger partial charge >= 0.3 is 0 Å². The van der Waals surface area contributed by atoms with E-state index >= 15 is 0 Å². The molecular formula is C13H28N2O. The molecule has 1 rings (SSSR count). The quantitative estimate of drug-likeness (QED) is 0.576. The fraction of sp³-hybridized carbons (Fsp3) is 1.00. The summed E-state index contributed by atoms with van der Waals surface area (Å²) in [6.07, 6.45) is 4.38. The number of nitrogens with zero attached hydrogens (tertiary/aromatic N) is 1. The zero-order valence-electron chi connectivity index (χ0n) is 11.2. The Labute approximate surface area is 101 Å². The van der Waals surface area contributed by atoms with Crippen LogP contribution in [0.1, 0.15) is 33.1 Å². The molecule has 16 heavy (non-hydrogen) atoms. The van der Waals surface area contributed by atoms with Crippen LogP contribution in [0.4, 0.5) is 0 Å². The van der Waals surface area contributed by atoms with Crippen molar-refractivity contribution in [2.45, 2.75) is 39.2 Å². The molecule has 3 nitrogen and oxygen atoms in total. The molecule has 96 valence electrons. The summed E-state index contributed by atoms with van der Waals surface area (Å²) in [5.74, 6) is 1.00. The Balaban J connectivity index is 1.76. The standard InChI is InChI=1S/C13H28N2O/c1-12(2)16-10-4-7-14-8-9-15(3)11-13-5-6-13/h12-14H,4-11H2,1-3H3. The van der Waals surface area contributed by atoms with Crippen molar-refractivity contribution in [1.29, 1.82) is 0 Å². The number of hydrogen-bond acceptors (Lipinski definition) is 3. The van der Waals surface area contributed by atoms with Gasteiger partial charge in [0, 0.05) is 26.2 Å². The van der Waals surface area contributed by atoms with Crippen molar-refractivity contribution < 1.29 is 4.74 Å². The maximum atomic E-state index is 5.48. The second kappa shape index (κ2) is 8.04. The van der Waals surface area contributed by atoms with Crippen LogP contribution in [-0.4, -0.2) is 50.8 Å². The molecule has 0 aromatic rings. The van der Waals surface area contributed by atoms with Crippen LogP contribution in [0.3, 0.4) is 0 Å². The molecular weight excluding hydrogens is 200 g/mol. The van der Waals surface area contributed by atoms with Crippen LogP contribution < -0.4 is 5.32 Å². The lowest BCUT2D eigenvalue weighted by Gasteiger charge is -2.16. The fourth-order valence-corrected chi connectivity index (χ4v) is 1.74. The van der Waals surface area contributed by atoms with Crippen molar-refractivity contribution in [2.75, 3.05) is 39.8 Å². The van der Waals surface area contributed by atoms with Crippen molar-refractivity contribution in [3.8, 4) is 0 Å². The van der Waals surface area contributed by atoms with Gasteiger partial charge in [-0.3, -0.25) is 0 Å². The normalized spacial score (nSPS) is 16.3. The molecule has 1 N–H and O–H groups in total. The maximum absolute atomic E-state index is 5.48. The Morgan fingerprint density at radius 2 is 2.06 bits per heavy atom. The number of rotatable bonds is 10. The van der Waals surface area contributed by atoms with Gasteiger partial charge in [0.05, 0.1) is 6.10 Å². The first kappa shape index (κ1) is 13.9. The van der Waals surface area contributed by atoms with E-state index < -0.39 is 0 Å². The van der Waals surface area contributed by atoms with Gasteiger partial charge in [0.25, 0.3) is 0 Å². The first-order valence-corrected chi connectivity index (χ1v) is 6.69. The lowest BCUT2D eigenvalue weighted by atomic mass is 10.4. The van der Waals surface area contributed by atoms with Gasteiger partial charge in [-0.25, -0.2) is 0 Å². The molecule has 0 aliphatic heterocycles. The van der Waals surface area contributed by atoms with Crippen LogP contribution in [0.2, 0.25) is 0 Å². The monoisotopic (exact) mass is 228 g/mol. The second-order valence-corrected chi connectivity index (χ2v) is 5.23. The molecule has 0 atom stereocenters. The summed E-state index contributed by atoms with van der Waals surface area (Å²) in [4.78, 5) is 2.44. The third-order valence-corrected chi connectivity index (χ3v) is 2.89. The summed E-state index contributed by atoms with van der Waals surface area (Å²) in [6, 6.07) is 0. The van der Waals surface area contributed by atoms with Gasteiger partial charge in [-0.15, -0.1) is 0 Å². The van der Waals surface area contributed by atoms with E-state index in [2.05, 4.69) is 31.1 Å². The van der Waals surface area contributed by atoms with Crippen LogP contribution in [0.5, 0.6) is 0 Å². The molecule has 1 saturated carbocycles. The molecule has 1 fully saturated rings. The van der Waals surface area contributed by atoms with Crippen molar-refractivity contribution in [3.05, 3.63) is 0 Å². The molecule has 1 aliphatic carbocycles. The van der Waals surface area contributed by atoms with E-state index in [-0.39, 0.29) is 0 Å². The molecule has 0 saturated heterocycles. The first-order valence-electron chi connectivity index (χ1n) is 6.69. The van der Waals surface area contributed by atoms with Crippen LogP contribution in [0.15, 0.2) is 0 Å². The Morgan fingerprint density at radius 3 is 2.69 bits per heavy atom. The topological polar surface area (TPSA) is 24.5 Å². The Kier molecular flexibility index (Phi) is 7.01. The highest BCUT2D eigenvalue weighted by atomic mass is 16.5. The van der Waals surface area contributed by atoms with Crippen LogP contribution in [0.25, 0.3) is 0 Å². The summed E-state index contributed by atoms with van der Waals surface area (Å²) in [5, 5.41) is 3.46. The SMILES string of the molecule is CC(C)OCCCNCCN(C)CC1CC1.